The third-order valence-electron chi connectivity index (χ3n) is 7.65. The molecule has 1 aliphatic rings. The van der Waals surface area contributed by atoms with Crippen LogP contribution in [-0.2, 0) is 6.42 Å². The number of nitrogens with one attached hydrogen (secondary N) is 1. The van der Waals surface area contributed by atoms with E-state index < -0.39 is 6.43 Å². The van der Waals surface area contributed by atoms with Crippen molar-refractivity contribution < 1.29 is 18.3 Å². The highest BCUT2D eigenvalue weighted by molar-refractivity contribution is 5.94. The first-order valence-corrected chi connectivity index (χ1v) is 13.8. The van der Waals surface area contributed by atoms with Gasteiger partial charge in [-0.2, -0.15) is 5.10 Å². The number of nitrogen functional groups attached to an aromatic ring is 1. The smallest absolute Gasteiger partial charge is 0.280 e. The molecule has 1 aromatic carbocycles. The molecule has 0 radical (unpaired) electrons. The molecule has 0 saturated carbocycles. The largest absolute Gasteiger partial charge is 0.494 e. The lowest BCUT2D eigenvalue weighted by Crippen LogP contribution is -2.27. The van der Waals surface area contributed by atoms with E-state index in [1.54, 1.807) is 42.5 Å². The van der Waals surface area contributed by atoms with Crippen molar-refractivity contribution in [2.45, 2.75) is 25.3 Å². The standard InChI is InChI=1S/C31H25F2N9O2/c1-44-24-15-25(41-13-3-12-37-41)39-30-26(24)40-29(21-4-2-11-35-28(21)34)42(30)19-7-8-20-17(14-19)5-9-22(20)38-31(43)18-6-10-23(27(32)33)36-16-18/h2-4,6-8,10-16,22,27H,5,9H2,1H3,(H2,34,35)(H,38,43)/t22-/m0/s1. The lowest BCUT2D eigenvalue weighted by molar-refractivity contribution is 0.0935. The van der Waals surface area contributed by atoms with Crippen LogP contribution < -0.4 is 15.8 Å². The van der Waals surface area contributed by atoms with E-state index in [9.17, 15) is 13.6 Å². The number of hydrogen-bond acceptors (Lipinski definition) is 8. The summed E-state index contributed by atoms with van der Waals surface area (Å²) in [5, 5.41) is 7.35. The number of carbonyl (C=O) groups excluding carboxylic acids is 1. The van der Waals surface area contributed by atoms with Crippen LogP contribution in [0.2, 0.25) is 0 Å². The van der Waals surface area contributed by atoms with Crippen molar-refractivity contribution in [2.75, 3.05) is 12.8 Å². The molecule has 0 spiro atoms. The molecule has 220 valence electrons. The number of halogens is 2. The number of rotatable bonds is 7. The highest BCUT2D eigenvalue weighted by atomic mass is 19.3. The van der Waals surface area contributed by atoms with E-state index in [1.807, 2.05) is 34.9 Å². The summed E-state index contributed by atoms with van der Waals surface area (Å²) in [7, 11) is 1.58. The molecule has 0 saturated heterocycles. The minimum absolute atomic E-state index is 0.219. The van der Waals surface area contributed by atoms with Gasteiger partial charge in [-0.25, -0.2) is 28.4 Å². The number of imidazole rings is 1. The van der Waals surface area contributed by atoms with Gasteiger partial charge in [0.15, 0.2) is 28.6 Å². The third-order valence-corrected chi connectivity index (χ3v) is 7.65. The number of aromatic nitrogens is 7. The molecule has 13 heteroatoms. The molecule has 7 rings (SSSR count). The molecule has 1 aliphatic carbocycles. The molecule has 5 heterocycles. The van der Waals surface area contributed by atoms with Gasteiger partial charge in [0.25, 0.3) is 12.3 Å². The van der Waals surface area contributed by atoms with Crippen molar-refractivity contribution in [3.63, 3.8) is 0 Å². The van der Waals surface area contributed by atoms with E-state index >= 15 is 0 Å². The Kier molecular flexibility index (Phi) is 6.68. The van der Waals surface area contributed by atoms with E-state index in [2.05, 4.69) is 20.4 Å². The zero-order valence-corrected chi connectivity index (χ0v) is 23.4. The number of aryl methyl sites for hydroxylation is 1. The maximum absolute atomic E-state index is 12.9. The SMILES string of the molecule is COc1cc(-n2cccn2)nc2c1nc(-c1cccnc1N)n2-c1ccc2c(c1)CC[C@@H]2NC(=O)c1ccc(C(F)F)nc1. The van der Waals surface area contributed by atoms with Gasteiger partial charge in [0.1, 0.15) is 11.5 Å². The van der Waals surface area contributed by atoms with Crippen LogP contribution in [0, 0.1) is 0 Å². The Morgan fingerprint density at radius 2 is 1.98 bits per heavy atom. The topological polar surface area (TPSA) is 139 Å². The Morgan fingerprint density at radius 1 is 1.09 bits per heavy atom. The Morgan fingerprint density at radius 3 is 2.70 bits per heavy atom. The highest BCUT2D eigenvalue weighted by Gasteiger charge is 2.27. The van der Waals surface area contributed by atoms with Gasteiger partial charge in [0.05, 0.1) is 24.3 Å². The Balaban J connectivity index is 1.30. The predicted octanol–water partition coefficient (Wildman–Crippen LogP) is 5.01. The van der Waals surface area contributed by atoms with Crippen molar-refractivity contribution in [2.24, 2.45) is 0 Å². The maximum Gasteiger partial charge on any atom is 0.280 e. The summed E-state index contributed by atoms with van der Waals surface area (Å²) in [4.78, 5) is 30.7. The number of carbonyl (C=O) groups is 1. The number of hydrogen-bond donors (Lipinski definition) is 2. The first-order chi connectivity index (χ1) is 21.4. The third kappa shape index (κ3) is 4.68. The molecule has 5 aromatic heterocycles. The van der Waals surface area contributed by atoms with E-state index in [0.29, 0.717) is 52.8 Å². The van der Waals surface area contributed by atoms with Crippen LogP contribution in [0.3, 0.4) is 0 Å². The Hall–Kier alpha value is -5.72. The van der Waals surface area contributed by atoms with Crippen LogP contribution >= 0.6 is 0 Å². The van der Waals surface area contributed by atoms with E-state index in [0.717, 1.165) is 22.9 Å². The van der Waals surface area contributed by atoms with Gasteiger partial charge in [0, 0.05) is 36.5 Å². The molecule has 44 heavy (non-hydrogen) atoms. The fourth-order valence-corrected chi connectivity index (χ4v) is 5.52. The average molecular weight is 594 g/mol. The monoisotopic (exact) mass is 593 g/mol. The van der Waals surface area contributed by atoms with Crippen LogP contribution in [0.15, 0.2) is 79.4 Å². The number of pyridine rings is 3. The van der Waals surface area contributed by atoms with Gasteiger partial charge >= 0.3 is 0 Å². The van der Waals surface area contributed by atoms with E-state index in [1.165, 1.54) is 12.3 Å². The maximum atomic E-state index is 12.9. The average Bonchev–Trinajstić information content (AvgIpc) is 3.80. The van der Waals surface area contributed by atoms with Crippen molar-refractivity contribution in [3.05, 3.63) is 102 Å². The van der Waals surface area contributed by atoms with Crippen molar-refractivity contribution >= 4 is 22.9 Å². The van der Waals surface area contributed by atoms with E-state index in [4.69, 9.17) is 20.4 Å². The fourth-order valence-electron chi connectivity index (χ4n) is 5.52. The molecule has 1 amide bonds. The fraction of sp³-hybridized carbons (Fsp3) is 0.161. The summed E-state index contributed by atoms with van der Waals surface area (Å²) >= 11 is 0. The summed E-state index contributed by atoms with van der Waals surface area (Å²) in [6, 6.07) is 15.5. The van der Waals surface area contributed by atoms with Crippen molar-refractivity contribution in [3.8, 4) is 28.6 Å². The number of amides is 1. The molecule has 0 fully saturated rings. The number of methoxy groups -OCH3 is 1. The second-order valence-corrected chi connectivity index (χ2v) is 10.2. The zero-order valence-electron chi connectivity index (χ0n) is 23.4. The number of fused-ring (bicyclic) bond motifs is 2. The van der Waals surface area contributed by atoms with Crippen LogP contribution in [0.5, 0.6) is 5.75 Å². The van der Waals surface area contributed by atoms with Gasteiger partial charge in [-0.1, -0.05) is 6.07 Å². The number of benzene rings is 1. The van der Waals surface area contributed by atoms with Crippen molar-refractivity contribution in [1.29, 1.82) is 0 Å². The summed E-state index contributed by atoms with van der Waals surface area (Å²) in [6.45, 7) is 0. The van der Waals surface area contributed by atoms with Gasteiger partial charge in [-0.15, -0.1) is 0 Å². The zero-order chi connectivity index (χ0) is 30.4. The summed E-state index contributed by atoms with van der Waals surface area (Å²) in [5.74, 6) is 1.54. The quantitative estimate of drug-likeness (QED) is 0.264. The Labute approximate surface area is 249 Å². The lowest BCUT2D eigenvalue weighted by atomic mass is 10.1. The van der Waals surface area contributed by atoms with Gasteiger partial charge in [-0.05, 0) is 66.4 Å². The number of nitrogens with zero attached hydrogens (tertiary/aromatic N) is 7. The van der Waals surface area contributed by atoms with E-state index in [-0.39, 0.29) is 23.2 Å². The molecule has 1 atom stereocenters. The second kappa shape index (κ2) is 10.8. The van der Waals surface area contributed by atoms with Crippen LogP contribution in [-0.4, -0.2) is 47.3 Å². The van der Waals surface area contributed by atoms with Crippen LogP contribution in [0.4, 0.5) is 14.6 Å². The first kappa shape index (κ1) is 27.1. The lowest BCUT2D eigenvalue weighted by Gasteiger charge is -2.16. The number of nitrogens with two attached hydrogens (primary N) is 1. The number of ether oxygens (including phenoxy) is 1. The van der Waals surface area contributed by atoms with Gasteiger partial charge < -0.3 is 15.8 Å². The molecule has 3 N–H and O–H groups in total. The number of anilines is 1. The Bertz CT molecular complexity index is 2010. The molecular weight excluding hydrogens is 568 g/mol. The van der Waals surface area contributed by atoms with Gasteiger partial charge in [0.2, 0.25) is 0 Å². The molecule has 0 aliphatic heterocycles. The summed E-state index contributed by atoms with van der Waals surface area (Å²) in [5.41, 5.74) is 10.7. The number of alkyl halides is 2. The molecule has 0 bridgehead atoms. The molecule has 0 unspecified atom stereocenters. The second-order valence-electron chi connectivity index (χ2n) is 10.2. The minimum Gasteiger partial charge on any atom is -0.494 e. The normalized spacial score (nSPS) is 14.2. The van der Waals surface area contributed by atoms with Crippen molar-refractivity contribution in [1.82, 2.24) is 39.6 Å². The summed E-state index contributed by atoms with van der Waals surface area (Å²) in [6.07, 6.45) is 4.94. The van der Waals surface area contributed by atoms with Crippen LogP contribution in [0.25, 0.3) is 34.1 Å². The molecular formula is C31H25F2N9O2. The van der Waals surface area contributed by atoms with Gasteiger partial charge in [-0.3, -0.25) is 14.3 Å². The minimum atomic E-state index is -2.70. The predicted molar refractivity (Wildman–Crippen MR) is 158 cm³/mol. The summed E-state index contributed by atoms with van der Waals surface area (Å²) < 4.78 is 35.1. The molecule has 11 nitrogen and oxygen atoms in total. The molecule has 6 aromatic rings. The highest BCUT2D eigenvalue weighted by Crippen LogP contribution is 2.38. The first-order valence-electron chi connectivity index (χ1n) is 13.8. The van der Waals surface area contributed by atoms with Crippen LogP contribution in [0.1, 0.15) is 46.1 Å².